The number of aromatic nitrogens is 4. The lowest BCUT2D eigenvalue weighted by Gasteiger charge is -2.27. The topological polar surface area (TPSA) is 261 Å². The lowest BCUT2D eigenvalue weighted by molar-refractivity contribution is 0.275. The number of phenols is 1. The predicted octanol–water partition coefficient (Wildman–Crippen LogP) is 22.6. The molecule has 4 heterocycles. The second-order valence-corrected chi connectivity index (χ2v) is 33.9. The van der Waals surface area contributed by atoms with Gasteiger partial charge in [-0.2, -0.15) is 15.8 Å². The van der Waals surface area contributed by atoms with Crippen LogP contribution in [-0.2, 0) is 66.8 Å². The van der Waals surface area contributed by atoms with Crippen LogP contribution in [0.3, 0.4) is 0 Å². The second-order valence-electron chi connectivity index (χ2n) is 25.5. The summed E-state index contributed by atoms with van der Waals surface area (Å²) in [5.41, 5.74) is 6.17. The molecule has 0 amide bonds. The zero-order valence-electron chi connectivity index (χ0n) is 61.9. The maximum atomic E-state index is 14.6. The highest BCUT2D eigenvalue weighted by molar-refractivity contribution is 8.26. The van der Waals surface area contributed by atoms with Gasteiger partial charge in [-0.3, -0.25) is 4.98 Å². The molecule has 0 saturated heterocycles. The largest absolute Gasteiger partial charge is 0.508 e. The van der Waals surface area contributed by atoms with Gasteiger partial charge in [0.25, 0.3) is 0 Å². The normalized spacial score (nSPS) is 11.0. The van der Waals surface area contributed by atoms with E-state index in [1.807, 2.05) is 90.1 Å². The Bertz CT molecular complexity index is 5150. The number of aromatic hydroxyl groups is 1. The molecule has 0 fully saturated rings. The molecule has 0 atom stereocenters. The van der Waals surface area contributed by atoms with Gasteiger partial charge in [-0.05, 0) is 130 Å². The molecular weight excluding hydrogens is 1780 g/mol. The highest BCUT2D eigenvalue weighted by Crippen LogP contribution is 2.43. The van der Waals surface area contributed by atoms with E-state index in [9.17, 15) is 46.9 Å². The lowest BCUT2D eigenvalue weighted by atomic mass is 9.77. The van der Waals surface area contributed by atoms with Gasteiger partial charge >= 0.3 is 0 Å². The minimum atomic E-state index is -3.42. The quantitative estimate of drug-likeness (QED) is 0.0233. The molecule has 10 rings (SSSR count). The van der Waals surface area contributed by atoms with Crippen molar-refractivity contribution in [3.05, 3.63) is 290 Å². The standard InChI is InChI=1S/C26H25Cl2FN2O4S.C24H20Cl3FN2O2.C18H17Cl2NO2.C6H4Cl2FN.C6H5ClFNO.Cl2OS/c1-26(2,20-12-18(14-30)25(22(28)13-20)34-11-9-27)19-4-6-21(7-5-19)35-15-17-8-10-31-23(24(17)29)16-36(3,32)33;1-24(2,18-11-16(13-29)22(20(26)12-18)31-10-8-25)17-3-5-19(6-4-17)32-14-15-7-9-30-23(27)21(15)28;1-18(2,13-3-5-15(22)6-4-13)14-9-12(11-21)17(16(20)10-14)23-8-7-19;7-3-4-1-2-10-6(8)5(4)9;7-6-5(8)4(3-10)1-2-9-6;1-4(2)3/h4-8,10,12-13H,9,11,15-16H2,1-3H3;3-7,9,11-12H,8,10,14H2,1-2H3;3-6,9-10,22H,7-8H2,1-2H3;1-2H,3H2;1-2,10H,3H2;. The monoisotopic (exact) mass is 1850 g/mol. The molecule has 610 valence electrons. The van der Waals surface area contributed by atoms with E-state index in [-0.39, 0.29) is 94.8 Å². The number of nitriles is 3. The number of ether oxygens (including phenoxy) is 5. The average molecular weight is 1860 g/mol. The van der Waals surface area contributed by atoms with Gasteiger partial charge in [0.15, 0.2) is 65.8 Å². The Morgan fingerprint density at radius 1 is 0.443 bits per heavy atom. The maximum absolute atomic E-state index is 14.6. The lowest BCUT2D eigenvalue weighted by Crippen LogP contribution is -2.19. The molecule has 0 spiro atoms. The Hall–Kier alpha value is -7.55. The molecule has 35 heteroatoms. The Kier molecular flexibility index (Phi) is 40.2. The van der Waals surface area contributed by atoms with Crippen molar-refractivity contribution in [2.24, 2.45) is 0 Å². The number of halogens is 16. The first-order chi connectivity index (χ1) is 54.4. The van der Waals surface area contributed by atoms with Crippen LogP contribution >= 0.6 is 137 Å². The van der Waals surface area contributed by atoms with Crippen LogP contribution in [0.25, 0.3) is 0 Å². The fraction of sp³-hybridized carbons (Fsp3) is 0.263. The molecular formula is C80H71Cl12F4N7O10S2. The van der Waals surface area contributed by atoms with Crippen molar-refractivity contribution < 1.29 is 64.1 Å². The maximum Gasteiger partial charge on any atom is 0.211 e. The summed E-state index contributed by atoms with van der Waals surface area (Å²) in [4.78, 5) is 14.5. The van der Waals surface area contributed by atoms with Crippen LogP contribution in [-0.4, -0.2) is 86.5 Å². The van der Waals surface area contributed by atoms with E-state index in [0.29, 0.717) is 83.4 Å². The van der Waals surface area contributed by atoms with E-state index < -0.39 is 58.9 Å². The minimum absolute atomic E-state index is 0.0295. The molecule has 115 heavy (non-hydrogen) atoms. The summed E-state index contributed by atoms with van der Waals surface area (Å²) in [6, 6.07) is 44.7. The molecule has 17 nitrogen and oxygen atoms in total. The van der Waals surface area contributed by atoms with E-state index in [2.05, 4.69) is 59.5 Å². The molecule has 0 aliphatic rings. The van der Waals surface area contributed by atoms with Gasteiger partial charge in [0, 0.05) is 90.9 Å². The number of alkyl halides is 4. The molecule has 0 saturated carbocycles. The van der Waals surface area contributed by atoms with Crippen LogP contribution in [0.15, 0.2) is 158 Å². The third kappa shape index (κ3) is 29.2. The third-order valence-corrected chi connectivity index (χ3v) is 19.9. The SMILES string of the molecule is CC(C)(c1ccc(O)cc1)c1cc(Cl)c(OCCCl)c(C#N)c1.CC(C)(c1ccc(OCc2ccnc(CS(C)(=O)=O)c2F)cc1)c1cc(Cl)c(OCCCl)c(C#N)c1.CC(C)(c1ccc(OCc2ccnc(Cl)c2F)cc1)c1cc(Cl)c(OCCCl)c(C#N)c1.Fc1c(CCl)ccnc1Cl.O=S(Cl)Cl.OCc1ccnc(Cl)c1F. The first-order valence-corrected chi connectivity index (χ1v) is 42.8. The van der Waals surface area contributed by atoms with Crippen LogP contribution in [0.5, 0.6) is 34.5 Å². The fourth-order valence-electron chi connectivity index (χ4n) is 10.3. The molecule has 2 N–H and O–H groups in total. The number of phenolic OH excluding ortho intramolecular Hbond substituents is 1. The van der Waals surface area contributed by atoms with Crippen LogP contribution in [0, 0.1) is 57.3 Å². The van der Waals surface area contributed by atoms with E-state index in [1.54, 1.807) is 60.7 Å². The van der Waals surface area contributed by atoms with Gasteiger partial charge in [-0.25, -0.2) is 45.1 Å². The van der Waals surface area contributed by atoms with Crippen LogP contribution < -0.4 is 23.7 Å². The minimum Gasteiger partial charge on any atom is -0.508 e. The van der Waals surface area contributed by atoms with Crippen LogP contribution in [0.1, 0.15) is 120 Å². The summed E-state index contributed by atoms with van der Waals surface area (Å²) >= 11 is 57.9. The zero-order chi connectivity index (χ0) is 85.5. The first-order valence-electron chi connectivity index (χ1n) is 33.5. The van der Waals surface area contributed by atoms with E-state index in [0.717, 1.165) is 39.6 Å². The highest BCUT2D eigenvalue weighted by Gasteiger charge is 2.30. The fourth-order valence-corrected chi connectivity index (χ4v) is 12.8. The Labute approximate surface area is 725 Å². The summed E-state index contributed by atoms with van der Waals surface area (Å²) in [7, 11) is 3.94. The smallest absolute Gasteiger partial charge is 0.211 e. The number of benzene rings is 6. The van der Waals surface area contributed by atoms with Gasteiger partial charge in [-0.1, -0.05) is 148 Å². The van der Waals surface area contributed by atoms with Gasteiger partial charge in [-0.15, -0.1) is 46.4 Å². The molecule has 0 bridgehead atoms. The summed E-state index contributed by atoms with van der Waals surface area (Å²) in [6.45, 7) is 12.5. The van der Waals surface area contributed by atoms with Crippen molar-refractivity contribution in [2.45, 2.75) is 89.2 Å². The van der Waals surface area contributed by atoms with Crippen molar-refractivity contribution in [3.63, 3.8) is 0 Å². The molecule has 10 aromatic rings. The molecule has 0 radical (unpaired) electrons. The van der Waals surface area contributed by atoms with E-state index in [1.165, 1.54) is 49.1 Å². The van der Waals surface area contributed by atoms with Gasteiger partial charge in [0.1, 0.15) is 68.5 Å². The Balaban J connectivity index is 0.000000272. The Morgan fingerprint density at radius 3 is 1.03 bits per heavy atom. The number of sulfone groups is 1. The van der Waals surface area contributed by atoms with Crippen molar-refractivity contribution in [1.29, 1.82) is 15.8 Å². The average Bonchev–Trinajstić information content (AvgIpc) is 0.791. The van der Waals surface area contributed by atoms with Gasteiger partial charge < -0.3 is 33.9 Å². The second kappa shape index (κ2) is 47.1. The molecule has 0 aliphatic heterocycles. The summed E-state index contributed by atoms with van der Waals surface area (Å²) in [6.07, 6.45) is 6.59. The number of pyridine rings is 4. The van der Waals surface area contributed by atoms with E-state index in [4.69, 9.17) is 149 Å². The first kappa shape index (κ1) is 98.0. The van der Waals surface area contributed by atoms with Crippen molar-refractivity contribution in [3.8, 4) is 52.7 Å². The number of hydrogen-bond donors (Lipinski definition) is 2. The van der Waals surface area contributed by atoms with Crippen molar-refractivity contribution in [1.82, 2.24) is 19.9 Å². The molecule has 0 unspecified atom stereocenters. The van der Waals surface area contributed by atoms with Crippen molar-refractivity contribution >= 4 is 156 Å². The van der Waals surface area contributed by atoms with Crippen molar-refractivity contribution in [2.75, 3.05) is 43.7 Å². The van der Waals surface area contributed by atoms with Crippen LogP contribution in [0.4, 0.5) is 17.6 Å². The summed E-state index contributed by atoms with van der Waals surface area (Å²) in [5, 5.41) is 47.0. The number of hydrogen-bond acceptors (Lipinski definition) is 17. The third-order valence-electron chi connectivity index (χ3n) is 16.7. The molecule has 0 aliphatic carbocycles. The number of rotatable bonds is 25. The van der Waals surface area contributed by atoms with Gasteiger partial charge in [0.2, 0.25) is 9.23 Å². The number of nitrogens with zero attached hydrogens (tertiary/aromatic N) is 7. The number of aliphatic hydroxyl groups excluding tert-OH is 1. The Morgan fingerprint density at radius 2 is 0.739 bits per heavy atom. The zero-order valence-corrected chi connectivity index (χ0v) is 72.6. The van der Waals surface area contributed by atoms with Crippen LogP contribution in [0.2, 0.25) is 30.5 Å². The number of aliphatic hydroxyl groups is 1. The summed E-state index contributed by atoms with van der Waals surface area (Å²) < 4.78 is 114. The molecule has 6 aromatic carbocycles. The summed E-state index contributed by atoms with van der Waals surface area (Å²) in [5.74, 6) is 0.392. The molecule has 4 aromatic heterocycles. The predicted molar refractivity (Wildman–Crippen MR) is 449 cm³/mol. The van der Waals surface area contributed by atoms with Gasteiger partial charge in [0.05, 0.1) is 73.3 Å². The highest BCUT2D eigenvalue weighted by atomic mass is 36.0. The van der Waals surface area contributed by atoms with E-state index >= 15 is 0 Å².